The zero-order chi connectivity index (χ0) is 20.3. The van der Waals surface area contributed by atoms with E-state index in [-0.39, 0.29) is 23.6 Å². The van der Waals surface area contributed by atoms with E-state index in [9.17, 15) is 9.59 Å². The minimum Gasteiger partial charge on any atom is -0.384 e. The summed E-state index contributed by atoms with van der Waals surface area (Å²) in [6.45, 7) is 4.02. The number of rotatable bonds is 4. The predicted octanol–water partition coefficient (Wildman–Crippen LogP) is 3.57. The Hall–Kier alpha value is -2.59. The molecule has 0 unspecified atom stereocenters. The van der Waals surface area contributed by atoms with Gasteiger partial charge in [0.25, 0.3) is 5.91 Å². The molecular weight excluding hydrogens is 396 g/mol. The number of aliphatic hydroxyl groups is 1. The minimum atomic E-state index is -0.426. The smallest absolute Gasteiger partial charge is 0.257 e. The number of aliphatic hydroxyl groups excluding tert-OH is 1. The number of hydrogen-bond acceptors (Lipinski definition) is 4. The zero-order valence-electron chi connectivity index (χ0n) is 15.5. The Morgan fingerprint density at radius 3 is 2.68 bits per heavy atom. The summed E-state index contributed by atoms with van der Waals surface area (Å²) in [5.74, 6) is 5.00. The van der Waals surface area contributed by atoms with Gasteiger partial charge in [0.15, 0.2) is 0 Å². The molecule has 7 heteroatoms. The number of thiophene rings is 1. The first-order valence-electron chi connectivity index (χ1n) is 8.71. The van der Waals surface area contributed by atoms with Crippen molar-refractivity contribution in [3.8, 4) is 11.8 Å². The SMILES string of the molecule is CC(C)n1cc(C(=O)NCc2ccc(Cl)cc2)c(=O)c2cc(C#CCO)sc21. The molecule has 5 nitrogen and oxygen atoms in total. The van der Waals surface area contributed by atoms with Gasteiger partial charge in [0.1, 0.15) is 17.0 Å². The maximum Gasteiger partial charge on any atom is 0.257 e. The van der Waals surface area contributed by atoms with Gasteiger partial charge < -0.3 is 15.0 Å². The second-order valence-electron chi connectivity index (χ2n) is 6.47. The van der Waals surface area contributed by atoms with E-state index in [1.165, 1.54) is 11.3 Å². The van der Waals surface area contributed by atoms with Crippen LogP contribution in [0, 0.1) is 11.8 Å². The molecule has 0 aliphatic rings. The van der Waals surface area contributed by atoms with Crippen LogP contribution in [0.3, 0.4) is 0 Å². The zero-order valence-corrected chi connectivity index (χ0v) is 17.0. The third-order valence-corrected chi connectivity index (χ3v) is 5.48. The van der Waals surface area contributed by atoms with E-state index in [1.54, 1.807) is 24.4 Å². The molecular formula is C21H19ClN2O3S. The van der Waals surface area contributed by atoms with Crippen molar-refractivity contribution in [3.05, 3.63) is 67.8 Å². The second-order valence-corrected chi connectivity index (χ2v) is 7.94. The maximum atomic E-state index is 12.9. The van der Waals surface area contributed by atoms with Crippen molar-refractivity contribution in [1.29, 1.82) is 0 Å². The Balaban J connectivity index is 1.97. The largest absolute Gasteiger partial charge is 0.384 e. The number of pyridine rings is 1. The Bertz CT molecular complexity index is 1130. The van der Waals surface area contributed by atoms with E-state index in [0.29, 0.717) is 21.8 Å². The first kappa shape index (κ1) is 20.2. The van der Waals surface area contributed by atoms with Crippen molar-refractivity contribution < 1.29 is 9.90 Å². The number of carbonyl (C=O) groups excluding carboxylic acids is 1. The third kappa shape index (κ3) is 4.28. The van der Waals surface area contributed by atoms with Gasteiger partial charge in [-0.15, -0.1) is 11.3 Å². The molecule has 0 atom stereocenters. The lowest BCUT2D eigenvalue weighted by atomic mass is 10.1. The summed E-state index contributed by atoms with van der Waals surface area (Å²) in [6.07, 6.45) is 1.60. The highest BCUT2D eigenvalue weighted by Gasteiger charge is 2.18. The Morgan fingerprint density at radius 1 is 1.32 bits per heavy atom. The van der Waals surface area contributed by atoms with Gasteiger partial charge in [-0.25, -0.2) is 0 Å². The van der Waals surface area contributed by atoms with Crippen LogP contribution in [0.25, 0.3) is 10.2 Å². The number of hydrogen-bond donors (Lipinski definition) is 2. The van der Waals surface area contributed by atoms with Crippen LogP contribution in [0.2, 0.25) is 5.02 Å². The van der Waals surface area contributed by atoms with E-state index in [0.717, 1.165) is 10.4 Å². The summed E-state index contributed by atoms with van der Waals surface area (Å²) < 4.78 is 1.91. The summed E-state index contributed by atoms with van der Waals surface area (Å²) in [7, 11) is 0. The highest BCUT2D eigenvalue weighted by atomic mass is 35.5. The van der Waals surface area contributed by atoms with Crippen molar-refractivity contribution >= 4 is 39.1 Å². The van der Waals surface area contributed by atoms with E-state index in [2.05, 4.69) is 17.2 Å². The summed E-state index contributed by atoms with van der Waals surface area (Å²) in [6, 6.07) is 8.89. The van der Waals surface area contributed by atoms with Crippen LogP contribution in [-0.4, -0.2) is 22.2 Å². The number of amides is 1. The molecule has 2 aromatic heterocycles. The van der Waals surface area contributed by atoms with E-state index < -0.39 is 5.91 Å². The predicted molar refractivity (Wildman–Crippen MR) is 113 cm³/mol. The molecule has 2 N–H and O–H groups in total. The van der Waals surface area contributed by atoms with Gasteiger partial charge in [-0.2, -0.15) is 0 Å². The highest BCUT2D eigenvalue weighted by Crippen LogP contribution is 2.26. The molecule has 28 heavy (non-hydrogen) atoms. The average Bonchev–Trinajstić information content (AvgIpc) is 3.10. The number of carbonyl (C=O) groups is 1. The van der Waals surface area contributed by atoms with Gasteiger partial charge in [-0.1, -0.05) is 35.6 Å². The number of fused-ring (bicyclic) bond motifs is 1. The number of nitrogens with one attached hydrogen (secondary N) is 1. The molecule has 1 amide bonds. The van der Waals surface area contributed by atoms with Gasteiger partial charge in [-0.05, 0) is 37.6 Å². The molecule has 2 heterocycles. The molecule has 0 fully saturated rings. The van der Waals surface area contributed by atoms with Gasteiger partial charge in [0.2, 0.25) is 5.43 Å². The number of halogens is 1. The van der Waals surface area contributed by atoms with Gasteiger partial charge >= 0.3 is 0 Å². The van der Waals surface area contributed by atoms with E-state index >= 15 is 0 Å². The topological polar surface area (TPSA) is 71.3 Å². The van der Waals surface area contributed by atoms with Crippen LogP contribution in [0.4, 0.5) is 0 Å². The molecule has 0 aliphatic heterocycles. The van der Waals surface area contributed by atoms with Crippen LogP contribution >= 0.6 is 22.9 Å². The Labute approximate surface area is 171 Å². The van der Waals surface area contributed by atoms with Crippen LogP contribution < -0.4 is 10.7 Å². The number of nitrogens with zero attached hydrogens (tertiary/aromatic N) is 1. The van der Waals surface area contributed by atoms with Crippen molar-refractivity contribution in [2.75, 3.05) is 6.61 Å². The van der Waals surface area contributed by atoms with E-state index in [1.807, 2.05) is 30.5 Å². The Kier molecular flexibility index (Phi) is 6.20. The fraction of sp³-hybridized carbons (Fsp3) is 0.238. The molecule has 0 aliphatic carbocycles. The summed E-state index contributed by atoms with van der Waals surface area (Å²) >= 11 is 7.25. The molecule has 144 valence electrons. The lowest BCUT2D eigenvalue weighted by Gasteiger charge is -2.14. The molecule has 0 bridgehead atoms. The van der Waals surface area contributed by atoms with Crippen LogP contribution in [0.5, 0.6) is 0 Å². The molecule has 0 saturated carbocycles. The fourth-order valence-electron chi connectivity index (χ4n) is 2.75. The Morgan fingerprint density at radius 2 is 2.04 bits per heavy atom. The monoisotopic (exact) mass is 414 g/mol. The third-order valence-electron chi connectivity index (χ3n) is 4.16. The van der Waals surface area contributed by atoms with Gasteiger partial charge in [0.05, 0.1) is 10.3 Å². The van der Waals surface area contributed by atoms with Gasteiger partial charge in [-0.3, -0.25) is 9.59 Å². The van der Waals surface area contributed by atoms with Crippen molar-refractivity contribution in [2.24, 2.45) is 0 Å². The quantitative estimate of drug-likeness (QED) is 0.641. The van der Waals surface area contributed by atoms with Crippen molar-refractivity contribution in [2.45, 2.75) is 26.4 Å². The molecule has 0 saturated heterocycles. The van der Waals surface area contributed by atoms with Crippen molar-refractivity contribution in [1.82, 2.24) is 9.88 Å². The average molecular weight is 415 g/mol. The first-order chi connectivity index (χ1) is 13.4. The minimum absolute atomic E-state index is 0.0585. The molecule has 1 aromatic carbocycles. The van der Waals surface area contributed by atoms with E-state index in [4.69, 9.17) is 16.7 Å². The maximum absolute atomic E-state index is 12.9. The molecule has 3 rings (SSSR count). The summed E-state index contributed by atoms with van der Waals surface area (Å²) in [5.41, 5.74) is 0.656. The first-order valence-corrected chi connectivity index (χ1v) is 9.91. The number of aromatic nitrogens is 1. The second kappa shape index (κ2) is 8.61. The number of benzene rings is 1. The van der Waals surface area contributed by atoms with Crippen LogP contribution in [-0.2, 0) is 6.54 Å². The fourth-order valence-corrected chi connectivity index (χ4v) is 4.02. The molecule has 0 spiro atoms. The normalized spacial score (nSPS) is 10.8. The molecule has 3 aromatic rings. The van der Waals surface area contributed by atoms with Crippen molar-refractivity contribution in [3.63, 3.8) is 0 Å². The lowest BCUT2D eigenvalue weighted by Crippen LogP contribution is -2.29. The van der Waals surface area contributed by atoms with Crippen LogP contribution in [0.1, 0.15) is 40.7 Å². The standard InChI is InChI=1S/C21H19ClN2O3S/c1-13(2)24-12-18(20(27)23-11-14-5-7-15(22)8-6-14)19(26)17-10-16(4-3-9-25)28-21(17)24/h5-8,10,12-13,25H,9,11H2,1-2H3,(H,23,27). The lowest BCUT2D eigenvalue weighted by molar-refractivity contribution is 0.0949. The molecule has 0 radical (unpaired) electrons. The highest BCUT2D eigenvalue weighted by molar-refractivity contribution is 7.19. The van der Waals surface area contributed by atoms with Crippen LogP contribution in [0.15, 0.2) is 41.3 Å². The summed E-state index contributed by atoms with van der Waals surface area (Å²) in [4.78, 5) is 27.0. The summed E-state index contributed by atoms with van der Waals surface area (Å²) in [5, 5.41) is 12.8. The van der Waals surface area contributed by atoms with Gasteiger partial charge in [0, 0.05) is 23.8 Å².